The molecule has 0 aliphatic rings. The molecule has 0 aliphatic carbocycles. The summed E-state index contributed by atoms with van der Waals surface area (Å²) < 4.78 is 5.25. The van der Waals surface area contributed by atoms with Crippen LogP contribution in [0.15, 0.2) is 35.1 Å². The van der Waals surface area contributed by atoms with Gasteiger partial charge in [-0.05, 0) is 36.7 Å². The van der Waals surface area contributed by atoms with E-state index in [1.54, 1.807) is 0 Å². The first-order chi connectivity index (χ1) is 8.22. The average molecular weight is 246 g/mol. The van der Waals surface area contributed by atoms with E-state index >= 15 is 0 Å². The van der Waals surface area contributed by atoms with Crippen molar-refractivity contribution in [1.82, 2.24) is 15.0 Å². The van der Waals surface area contributed by atoms with Crippen molar-refractivity contribution in [2.45, 2.75) is 6.92 Å². The normalized spacial score (nSPS) is 10.9. The Morgan fingerprint density at radius 3 is 2.88 bits per heavy atom. The van der Waals surface area contributed by atoms with Crippen molar-refractivity contribution >= 4 is 22.7 Å². The molecular weight excluding hydrogens is 238 g/mol. The van der Waals surface area contributed by atoms with E-state index in [-0.39, 0.29) is 5.28 Å². The van der Waals surface area contributed by atoms with E-state index in [0.717, 1.165) is 28.1 Å². The Bertz CT molecular complexity index is 673. The van der Waals surface area contributed by atoms with Crippen LogP contribution in [0.1, 0.15) is 5.69 Å². The fraction of sp³-hybridized carbons (Fsp3) is 0.0833. The predicted molar refractivity (Wildman–Crippen MR) is 64.8 cm³/mol. The Morgan fingerprint density at radius 2 is 2.06 bits per heavy atom. The Kier molecular flexibility index (Phi) is 2.30. The van der Waals surface area contributed by atoms with Gasteiger partial charge in [0.1, 0.15) is 5.52 Å². The second kappa shape index (κ2) is 3.82. The van der Waals surface area contributed by atoms with Crippen molar-refractivity contribution in [3.05, 3.63) is 41.6 Å². The van der Waals surface area contributed by atoms with Crippen LogP contribution < -0.4 is 0 Å². The number of benzene rings is 1. The van der Waals surface area contributed by atoms with Crippen LogP contribution in [0.3, 0.4) is 0 Å². The molecule has 0 atom stereocenters. The first-order valence-corrected chi connectivity index (χ1v) is 5.45. The topological polar surface area (TPSA) is 51.8 Å². The van der Waals surface area contributed by atoms with Crippen molar-refractivity contribution < 1.29 is 4.42 Å². The maximum absolute atomic E-state index is 5.84. The van der Waals surface area contributed by atoms with E-state index in [1.165, 1.54) is 6.39 Å². The number of oxazole rings is 1. The van der Waals surface area contributed by atoms with Gasteiger partial charge in [0, 0.05) is 11.3 Å². The predicted octanol–water partition coefficient (Wildman–Crippen LogP) is 3.25. The Labute approximate surface area is 102 Å². The fourth-order valence-electron chi connectivity index (χ4n) is 1.69. The lowest BCUT2D eigenvalue weighted by Gasteiger charge is -2.02. The minimum atomic E-state index is 0.248. The zero-order chi connectivity index (χ0) is 11.8. The highest BCUT2D eigenvalue weighted by atomic mass is 35.5. The standard InChI is InChI=1S/C12H8ClN3O/c1-7-4-10(16-12(13)15-7)8-2-3-9-11(5-8)17-6-14-9/h2-6H,1H3. The summed E-state index contributed by atoms with van der Waals surface area (Å²) in [5.74, 6) is 0. The number of halogens is 1. The van der Waals surface area contributed by atoms with Crippen molar-refractivity contribution in [2.24, 2.45) is 0 Å². The number of hydrogen-bond donors (Lipinski definition) is 0. The molecule has 84 valence electrons. The van der Waals surface area contributed by atoms with Gasteiger partial charge in [-0.25, -0.2) is 15.0 Å². The van der Waals surface area contributed by atoms with Crippen molar-refractivity contribution in [1.29, 1.82) is 0 Å². The first kappa shape index (κ1) is 10.2. The molecule has 4 nitrogen and oxygen atoms in total. The average Bonchev–Trinajstić information content (AvgIpc) is 2.74. The molecule has 0 radical (unpaired) electrons. The molecule has 3 aromatic rings. The molecule has 5 heteroatoms. The summed E-state index contributed by atoms with van der Waals surface area (Å²) in [6.07, 6.45) is 1.42. The van der Waals surface area contributed by atoms with Crippen molar-refractivity contribution in [3.8, 4) is 11.3 Å². The highest BCUT2D eigenvalue weighted by Gasteiger charge is 2.06. The van der Waals surface area contributed by atoms with Crippen molar-refractivity contribution in [3.63, 3.8) is 0 Å². The molecule has 0 spiro atoms. The summed E-state index contributed by atoms with van der Waals surface area (Å²) in [5, 5.41) is 0.248. The third-order valence-corrected chi connectivity index (χ3v) is 2.62. The number of nitrogens with zero attached hydrogens (tertiary/aromatic N) is 3. The van der Waals surface area contributed by atoms with E-state index in [1.807, 2.05) is 31.2 Å². The summed E-state index contributed by atoms with van der Waals surface area (Å²) in [7, 11) is 0. The Hall–Kier alpha value is -1.94. The van der Waals surface area contributed by atoms with Gasteiger partial charge in [-0.3, -0.25) is 0 Å². The van der Waals surface area contributed by atoms with Crippen LogP contribution >= 0.6 is 11.6 Å². The molecule has 0 saturated heterocycles. The second-order valence-electron chi connectivity index (χ2n) is 3.70. The Morgan fingerprint density at radius 1 is 1.18 bits per heavy atom. The lowest BCUT2D eigenvalue weighted by molar-refractivity contribution is 0.602. The molecule has 0 aliphatic heterocycles. The van der Waals surface area contributed by atoms with Gasteiger partial charge >= 0.3 is 0 Å². The molecule has 2 aromatic heterocycles. The first-order valence-electron chi connectivity index (χ1n) is 5.07. The molecule has 17 heavy (non-hydrogen) atoms. The molecule has 0 amide bonds. The van der Waals surface area contributed by atoms with Crippen molar-refractivity contribution in [2.75, 3.05) is 0 Å². The zero-order valence-corrected chi connectivity index (χ0v) is 9.77. The molecular formula is C12H8ClN3O. The number of hydrogen-bond acceptors (Lipinski definition) is 4. The molecule has 3 rings (SSSR count). The SMILES string of the molecule is Cc1cc(-c2ccc3ncoc3c2)nc(Cl)n1. The maximum atomic E-state index is 5.84. The highest BCUT2D eigenvalue weighted by molar-refractivity contribution is 6.28. The quantitative estimate of drug-likeness (QED) is 0.618. The third kappa shape index (κ3) is 1.87. The molecule has 2 heterocycles. The molecule has 0 bridgehead atoms. The largest absolute Gasteiger partial charge is 0.443 e. The lowest BCUT2D eigenvalue weighted by atomic mass is 10.1. The molecule has 0 unspecified atom stereocenters. The van der Waals surface area contributed by atoms with Gasteiger partial charge in [0.2, 0.25) is 5.28 Å². The van der Waals surface area contributed by atoms with Crippen LogP contribution in [0, 0.1) is 6.92 Å². The summed E-state index contributed by atoms with van der Waals surface area (Å²) >= 11 is 5.84. The monoisotopic (exact) mass is 245 g/mol. The van der Waals surface area contributed by atoms with Crippen LogP contribution in [-0.4, -0.2) is 15.0 Å². The second-order valence-corrected chi connectivity index (χ2v) is 4.04. The molecule has 0 N–H and O–H groups in total. The minimum absolute atomic E-state index is 0.248. The van der Waals surface area contributed by atoms with Gasteiger partial charge in [0.05, 0.1) is 5.69 Å². The van der Waals surface area contributed by atoms with E-state index in [4.69, 9.17) is 16.0 Å². The summed E-state index contributed by atoms with van der Waals surface area (Å²) in [6, 6.07) is 7.59. The number of fused-ring (bicyclic) bond motifs is 1. The number of rotatable bonds is 1. The van der Waals surface area contributed by atoms with Crippen LogP contribution in [-0.2, 0) is 0 Å². The minimum Gasteiger partial charge on any atom is -0.443 e. The fourth-order valence-corrected chi connectivity index (χ4v) is 1.92. The lowest BCUT2D eigenvalue weighted by Crippen LogP contribution is -1.90. The van der Waals surface area contributed by atoms with E-state index in [0.29, 0.717) is 0 Å². The van der Waals surface area contributed by atoms with Crippen LogP contribution in [0.2, 0.25) is 5.28 Å². The highest BCUT2D eigenvalue weighted by Crippen LogP contribution is 2.23. The van der Waals surface area contributed by atoms with E-state index in [9.17, 15) is 0 Å². The van der Waals surface area contributed by atoms with Gasteiger partial charge in [-0.15, -0.1) is 0 Å². The summed E-state index contributed by atoms with van der Waals surface area (Å²) in [6.45, 7) is 1.88. The van der Waals surface area contributed by atoms with Crippen LogP contribution in [0.4, 0.5) is 0 Å². The molecule has 1 aromatic carbocycles. The smallest absolute Gasteiger partial charge is 0.223 e. The number of aryl methyl sites for hydroxylation is 1. The number of aromatic nitrogens is 3. The van der Waals surface area contributed by atoms with Gasteiger partial charge < -0.3 is 4.42 Å². The zero-order valence-electron chi connectivity index (χ0n) is 9.01. The molecule has 0 saturated carbocycles. The maximum Gasteiger partial charge on any atom is 0.223 e. The van der Waals surface area contributed by atoms with E-state index < -0.39 is 0 Å². The molecule has 0 fully saturated rings. The van der Waals surface area contributed by atoms with Gasteiger partial charge in [0.25, 0.3) is 0 Å². The summed E-state index contributed by atoms with van der Waals surface area (Å²) in [5.41, 5.74) is 4.10. The summed E-state index contributed by atoms with van der Waals surface area (Å²) in [4.78, 5) is 12.3. The van der Waals surface area contributed by atoms with Gasteiger partial charge in [-0.1, -0.05) is 6.07 Å². The van der Waals surface area contributed by atoms with Gasteiger partial charge in [0.15, 0.2) is 12.0 Å². The third-order valence-electron chi connectivity index (χ3n) is 2.45. The van der Waals surface area contributed by atoms with E-state index in [2.05, 4.69) is 15.0 Å². The van der Waals surface area contributed by atoms with Crippen LogP contribution in [0.25, 0.3) is 22.4 Å². The Balaban J connectivity index is 2.19. The van der Waals surface area contributed by atoms with Crippen LogP contribution in [0.5, 0.6) is 0 Å². The van der Waals surface area contributed by atoms with Gasteiger partial charge in [-0.2, -0.15) is 0 Å².